The predicted molar refractivity (Wildman–Crippen MR) is 68.3 cm³/mol. The number of nitrogens with one attached hydrogen (secondary N) is 1. The van der Waals surface area contributed by atoms with E-state index < -0.39 is 11.5 Å². The lowest BCUT2D eigenvalue weighted by atomic mass is 9.74. The molecule has 17 heavy (non-hydrogen) atoms. The molecular weight excluding hydrogens is 306 g/mol. The highest BCUT2D eigenvalue weighted by molar-refractivity contribution is 9.10. The van der Waals surface area contributed by atoms with Crippen molar-refractivity contribution < 1.29 is 14.7 Å². The first-order valence-electron chi connectivity index (χ1n) is 5.29. The van der Waals surface area contributed by atoms with Gasteiger partial charge in [0.25, 0.3) is 5.91 Å². The summed E-state index contributed by atoms with van der Waals surface area (Å²) >= 11 is 4.63. The minimum Gasteiger partial charge on any atom is -0.481 e. The van der Waals surface area contributed by atoms with Gasteiger partial charge in [0.2, 0.25) is 0 Å². The van der Waals surface area contributed by atoms with Crippen LogP contribution in [-0.2, 0) is 4.79 Å². The van der Waals surface area contributed by atoms with E-state index in [1.165, 1.54) is 11.3 Å². The molecule has 1 heterocycles. The number of carboxylic acids is 1. The molecule has 4 nitrogen and oxygen atoms in total. The van der Waals surface area contributed by atoms with Crippen LogP contribution in [0.15, 0.2) is 15.9 Å². The lowest BCUT2D eigenvalue weighted by Gasteiger charge is -2.41. The van der Waals surface area contributed by atoms with Crippen LogP contribution in [0.1, 0.15) is 35.4 Å². The highest BCUT2D eigenvalue weighted by Gasteiger charge is 2.40. The Labute approximate surface area is 111 Å². The fraction of sp³-hybridized carbons (Fsp3) is 0.455. The van der Waals surface area contributed by atoms with Gasteiger partial charge < -0.3 is 10.4 Å². The zero-order chi connectivity index (χ0) is 12.5. The third-order valence-electron chi connectivity index (χ3n) is 2.97. The van der Waals surface area contributed by atoms with Crippen molar-refractivity contribution >= 4 is 39.1 Å². The van der Waals surface area contributed by atoms with Gasteiger partial charge in [-0.2, -0.15) is 0 Å². The highest BCUT2D eigenvalue weighted by Crippen LogP contribution is 2.35. The number of carbonyl (C=O) groups excluding carboxylic acids is 1. The van der Waals surface area contributed by atoms with Crippen molar-refractivity contribution in [1.29, 1.82) is 0 Å². The van der Waals surface area contributed by atoms with Crippen molar-refractivity contribution in [3.8, 4) is 0 Å². The Kier molecular flexibility index (Phi) is 3.53. The number of aliphatic carboxylic acids is 1. The molecule has 2 rings (SSSR count). The Hall–Kier alpha value is -0.880. The second-order valence-electron chi connectivity index (χ2n) is 4.29. The molecule has 6 heteroatoms. The molecule has 1 aromatic heterocycles. The van der Waals surface area contributed by atoms with Crippen LogP contribution in [0, 0.1) is 0 Å². The van der Waals surface area contributed by atoms with Gasteiger partial charge in [-0.25, -0.2) is 0 Å². The SMILES string of the molecule is O=C(O)CC1(NC(=O)c2cc(Br)cs2)CCC1. The van der Waals surface area contributed by atoms with Crippen LogP contribution in [0.4, 0.5) is 0 Å². The first kappa shape index (κ1) is 12.6. The van der Waals surface area contributed by atoms with Crippen LogP contribution >= 0.6 is 27.3 Å². The van der Waals surface area contributed by atoms with Gasteiger partial charge in [-0.05, 0) is 41.3 Å². The number of hydrogen-bond donors (Lipinski definition) is 2. The molecule has 1 fully saturated rings. The Morgan fingerprint density at radius 2 is 2.24 bits per heavy atom. The van der Waals surface area contributed by atoms with Crippen molar-refractivity contribution in [2.24, 2.45) is 0 Å². The molecule has 0 bridgehead atoms. The molecule has 0 unspecified atom stereocenters. The van der Waals surface area contributed by atoms with Gasteiger partial charge in [0.1, 0.15) is 0 Å². The van der Waals surface area contributed by atoms with Crippen LogP contribution in [0.3, 0.4) is 0 Å². The predicted octanol–water partition coefficient (Wildman–Crippen LogP) is 2.64. The summed E-state index contributed by atoms with van der Waals surface area (Å²) < 4.78 is 0.869. The zero-order valence-electron chi connectivity index (χ0n) is 9.03. The summed E-state index contributed by atoms with van der Waals surface area (Å²) in [6.07, 6.45) is 2.47. The Morgan fingerprint density at radius 1 is 1.53 bits per heavy atom. The van der Waals surface area contributed by atoms with Gasteiger partial charge in [-0.15, -0.1) is 11.3 Å². The van der Waals surface area contributed by atoms with Gasteiger partial charge in [0.05, 0.1) is 16.8 Å². The molecule has 0 atom stereocenters. The van der Waals surface area contributed by atoms with E-state index in [0.717, 1.165) is 23.7 Å². The molecular formula is C11H12BrNO3S. The number of amides is 1. The van der Waals surface area contributed by atoms with Crippen molar-refractivity contribution in [2.75, 3.05) is 0 Å². The highest BCUT2D eigenvalue weighted by atomic mass is 79.9. The van der Waals surface area contributed by atoms with E-state index in [4.69, 9.17) is 5.11 Å². The maximum atomic E-state index is 11.9. The van der Waals surface area contributed by atoms with Crippen molar-refractivity contribution in [2.45, 2.75) is 31.2 Å². The summed E-state index contributed by atoms with van der Waals surface area (Å²) in [6, 6.07) is 1.74. The summed E-state index contributed by atoms with van der Waals surface area (Å²) in [5.74, 6) is -1.04. The monoisotopic (exact) mass is 317 g/mol. The first-order valence-corrected chi connectivity index (χ1v) is 6.96. The molecule has 1 amide bonds. The Balaban J connectivity index is 2.04. The lowest BCUT2D eigenvalue weighted by molar-refractivity contribution is -0.139. The smallest absolute Gasteiger partial charge is 0.305 e. The van der Waals surface area contributed by atoms with E-state index in [1.54, 1.807) is 6.07 Å². The number of thiophene rings is 1. The van der Waals surface area contributed by atoms with Crippen molar-refractivity contribution in [1.82, 2.24) is 5.32 Å². The molecule has 1 saturated carbocycles. The maximum Gasteiger partial charge on any atom is 0.305 e. The average Bonchev–Trinajstić information content (AvgIpc) is 2.60. The van der Waals surface area contributed by atoms with Crippen LogP contribution < -0.4 is 5.32 Å². The molecule has 92 valence electrons. The summed E-state index contributed by atoms with van der Waals surface area (Å²) in [7, 11) is 0. The maximum absolute atomic E-state index is 11.9. The van der Waals surface area contributed by atoms with Crippen LogP contribution in [0.2, 0.25) is 0 Å². The van der Waals surface area contributed by atoms with Gasteiger partial charge in [-0.3, -0.25) is 9.59 Å². The number of carbonyl (C=O) groups is 2. The molecule has 0 spiro atoms. The van der Waals surface area contributed by atoms with E-state index in [-0.39, 0.29) is 12.3 Å². The zero-order valence-corrected chi connectivity index (χ0v) is 11.4. The summed E-state index contributed by atoms with van der Waals surface area (Å²) in [4.78, 5) is 23.3. The topological polar surface area (TPSA) is 66.4 Å². The lowest BCUT2D eigenvalue weighted by Crippen LogP contribution is -2.54. The fourth-order valence-corrected chi connectivity index (χ4v) is 3.30. The molecule has 1 aliphatic rings. The Bertz CT molecular complexity index is 453. The third kappa shape index (κ3) is 2.87. The quantitative estimate of drug-likeness (QED) is 0.897. The molecule has 0 aliphatic heterocycles. The average molecular weight is 318 g/mol. The van der Waals surface area contributed by atoms with Gasteiger partial charge in [0.15, 0.2) is 0 Å². The van der Waals surface area contributed by atoms with E-state index >= 15 is 0 Å². The normalized spacial score (nSPS) is 17.2. The van der Waals surface area contributed by atoms with E-state index in [0.29, 0.717) is 4.88 Å². The number of carboxylic acid groups (broad SMARTS) is 1. The van der Waals surface area contributed by atoms with E-state index in [9.17, 15) is 9.59 Å². The summed E-state index contributed by atoms with van der Waals surface area (Å²) in [6.45, 7) is 0. The van der Waals surface area contributed by atoms with Crippen molar-refractivity contribution in [3.63, 3.8) is 0 Å². The van der Waals surface area contributed by atoms with Gasteiger partial charge in [0, 0.05) is 9.85 Å². The molecule has 2 N–H and O–H groups in total. The molecule has 0 radical (unpaired) electrons. The minimum absolute atomic E-state index is 0.00524. The Morgan fingerprint density at radius 3 is 2.65 bits per heavy atom. The number of rotatable bonds is 4. The molecule has 0 aromatic carbocycles. The first-order chi connectivity index (χ1) is 8.01. The third-order valence-corrected chi connectivity index (χ3v) is 4.66. The summed E-state index contributed by atoms with van der Waals surface area (Å²) in [5.41, 5.74) is -0.528. The second-order valence-corrected chi connectivity index (χ2v) is 6.11. The van der Waals surface area contributed by atoms with Crippen molar-refractivity contribution in [3.05, 3.63) is 20.8 Å². The van der Waals surface area contributed by atoms with Gasteiger partial charge >= 0.3 is 5.97 Å². The minimum atomic E-state index is -0.864. The standard InChI is InChI=1S/C11H12BrNO3S/c12-7-4-8(17-6-7)10(16)13-11(2-1-3-11)5-9(14)15/h4,6H,1-3,5H2,(H,13,16)(H,14,15). The van der Waals surface area contributed by atoms with Crippen LogP contribution in [0.25, 0.3) is 0 Å². The van der Waals surface area contributed by atoms with Gasteiger partial charge in [-0.1, -0.05) is 0 Å². The van der Waals surface area contributed by atoms with E-state index in [1.807, 2.05) is 5.38 Å². The molecule has 1 aromatic rings. The van der Waals surface area contributed by atoms with E-state index in [2.05, 4.69) is 21.2 Å². The number of hydrogen-bond acceptors (Lipinski definition) is 3. The molecule has 1 aliphatic carbocycles. The fourth-order valence-electron chi connectivity index (χ4n) is 1.97. The summed E-state index contributed by atoms with van der Waals surface area (Å²) in [5, 5.41) is 13.5. The van der Waals surface area contributed by atoms with Crippen LogP contribution in [0.5, 0.6) is 0 Å². The molecule has 0 saturated heterocycles. The second kappa shape index (κ2) is 4.78. The van der Waals surface area contributed by atoms with Crippen LogP contribution in [-0.4, -0.2) is 22.5 Å². The largest absolute Gasteiger partial charge is 0.481 e. The number of halogens is 1.